The largest absolute Gasteiger partial charge is 0.356 e. The van der Waals surface area contributed by atoms with Crippen molar-refractivity contribution in [3.8, 4) is 0 Å². The SMILES string of the molecule is CN=C(NCCCCN1CCN(C)CC1)N1CC=C(c2ccccc2)CC1.I. The van der Waals surface area contributed by atoms with Crippen molar-refractivity contribution < 1.29 is 0 Å². The van der Waals surface area contributed by atoms with Gasteiger partial charge in [-0.3, -0.25) is 4.99 Å². The number of rotatable bonds is 6. The minimum atomic E-state index is 0. The number of benzene rings is 1. The van der Waals surface area contributed by atoms with E-state index in [1.165, 1.54) is 56.7 Å². The Kier molecular flexibility index (Phi) is 10.3. The molecule has 0 unspecified atom stereocenters. The highest BCUT2D eigenvalue weighted by Crippen LogP contribution is 2.21. The van der Waals surface area contributed by atoms with Gasteiger partial charge in [0.15, 0.2) is 5.96 Å². The summed E-state index contributed by atoms with van der Waals surface area (Å²) in [6.45, 7) is 9.04. The predicted octanol–water partition coefficient (Wildman–Crippen LogP) is 3.00. The van der Waals surface area contributed by atoms with E-state index < -0.39 is 0 Å². The van der Waals surface area contributed by atoms with E-state index in [0.29, 0.717) is 0 Å². The van der Waals surface area contributed by atoms with Crippen LogP contribution >= 0.6 is 24.0 Å². The summed E-state index contributed by atoms with van der Waals surface area (Å²) in [5, 5.41) is 3.56. The van der Waals surface area contributed by atoms with Gasteiger partial charge in [0.2, 0.25) is 0 Å². The lowest BCUT2D eigenvalue weighted by molar-refractivity contribution is 0.152. The monoisotopic (exact) mass is 497 g/mol. The van der Waals surface area contributed by atoms with Gasteiger partial charge in [0.05, 0.1) is 0 Å². The van der Waals surface area contributed by atoms with Gasteiger partial charge in [0.25, 0.3) is 0 Å². The van der Waals surface area contributed by atoms with Gasteiger partial charge in [-0.15, -0.1) is 24.0 Å². The third-order valence-electron chi connectivity index (χ3n) is 5.65. The van der Waals surface area contributed by atoms with Crippen LogP contribution in [0.1, 0.15) is 24.8 Å². The van der Waals surface area contributed by atoms with E-state index in [2.05, 4.69) is 68.5 Å². The van der Waals surface area contributed by atoms with Crippen molar-refractivity contribution in [1.82, 2.24) is 20.0 Å². The first-order valence-electron chi connectivity index (χ1n) is 10.4. The van der Waals surface area contributed by atoms with Gasteiger partial charge in [0, 0.05) is 52.9 Å². The Morgan fingerprint density at radius 2 is 1.79 bits per heavy atom. The summed E-state index contributed by atoms with van der Waals surface area (Å²) in [7, 11) is 4.11. The van der Waals surface area contributed by atoms with Crippen LogP contribution in [0, 0.1) is 0 Å². The summed E-state index contributed by atoms with van der Waals surface area (Å²) in [5.74, 6) is 1.04. The minimum absolute atomic E-state index is 0. The highest BCUT2D eigenvalue weighted by molar-refractivity contribution is 14.0. The molecule has 5 nitrogen and oxygen atoms in total. The molecule has 2 heterocycles. The van der Waals surface area contributed by atoms with E-state index in [-0.39, 0.29) is 24.0 Å². The molecule has 0 saturated carbocycles. The average Bonchev–Trinajstić information content (AvgIpc) is 2.73. The van der Waals surface area contributed by atoms with E-state index in [9.17, 15) is 0 Å². The Hall–Kier alpha value is -1.12. The highest BCUT2D eigenvalue weighted by atomic mass is 127. The zero-order valence-electron chi connectivity index (χ0n) is 17.4. The fourth-order valence-electron chi connectivity index (χ4n) is 3.84. The summed E-state index contributed by atoms with van der Waals surface area (Å²) in [5.41, 5.74) is 2.80. The lowest BCUT2D eigenvalue weighted by Gasteiger charge is -2.32. The Balaban J connectivity index is 0.00000280. The lowest BCUT2D eigenvalue weighted by atomic mass is 10.00. The van der Waals surface area contributed by atoms with Gasteiger partial charge in [0.1, 0.15) is 0 Å². The zero-order valence-corrected chi connectivity index (χ0v) is 19.8. The van der Waals surface area contributed by atoms with E-state index in [0.717, 1.165) is 32.0 Å². The number of guanidine groups is 1. The van der Waals surface area contributed by atoms with Crippen LogP contribution in [0.3, 0.4) is 0 Å². The molecule has 0 aliphatic carbocycles. The number of halogens is 1. The molecule has 156 valence electrons. The summed E-state index contributed by atoms with van der Waals surface area (Å²) in [6, 6.07) is 10.7. The molecule has 3 rings (SSSR count). The van der Waals surface area contributed by atoms with Gasteiger partial charge in [-0.05, 0) is 44.0 Å². The maximum atomic E-state index is 4.49. The molecule has 2 aliphatic heterocycles. The van der Waals surface area contributed by atoms with E-state index in [1.807, 2.05) is 7.05 Å². The second-order valence-corrected chi connectivity index (χ2v) is 7.62. The zero-order chi connectivity index (χ0) is 18.9. The van der Waals surface area contributed by atoms with Crippen molar-refractivity contribution in [2.45, 2.75) is 19.3 Å². The summed E-state index contributed by atoms with van der Waals surface area (Å²) < 4.78 is 0. The third-order valence-corrected chi connectivity index (χ3v) is 5.65. The second-order valence-electron chi connectivity index (χ2n) is 7.62. The number of likely N-dealkylation sites (N-methyl/N-ethyl adjacent to an activating group) is 1. The van der Waals surface area contributed by atoms with Crippen LogP contribution in [0.25, 0.3) is 5.57 Å². The number of unbranched alkanes of at least 4 members (excludes halogenated alkanes) is 1. The molecule has 1 aromatic carbocycles. The van der Waals surface area contributed by atoms with Crippen molar-refractivity contribution in [3.63, 3.8) is 0 Å². The van der Waals surface area contributed by atoms with Crippen molar-refractivity contribution in [2.75, 3.05) is 66.5 Å². The molecular formula is C22H36IN5. The average molecular weight is 497 g/mol. The number of aliphatic imine (C=N–C) groups is 1. The molecular weight excluding hydrogens is 461 g/mol. The maximum absolute atomic E-state index is 4.49. The van der Waals surface area contributed by atoms with Crippen LogP contribution in [-0.2, 0) is 0 Å². The number of nitrogens with zero attached hydrogens (tertiary/aromatic N) is 4. The smallest absolute Gasteiger partial charge is 0.193 e. The molecule has 0 radical (unpaired) electrons. The molecule has 0 atom stereocenters. The van der Waals surface area contributed by atoms with Crippen LogP contribution in [0.15, 0.2) is 41.4 Å². The van der Waals surface area contributed by atoms with E-state index >= 15 is 0 Å². The van der Waals surface area contributed by atoms with Crippen molar-refractivity contribution in [1.29, 1.82) is 0 Å². The van der Waals surface area contributed by atoms with E-state index in [1.54, 1.807) is 0 Å². The number of hydrogen-bond donors (Lipinski definition) is 1. The summed E-state index contributed by atoms with van der Waals surface area (Å²) in [6.07, 6.45) is 5.88. The fourth-order valence-corrected chi connectivity index (χ4v) is 3.84. The highest BCUT2D eigenvalue weighted by Gasteiger charge is 2.16. The topological polar surface area (TPSA) is 34.1 Å². The first-order valence-corrected chi connectivity index (χ1v) is 10.4. The fraction of sp³-hybridized carbons (Fsp3) is 0.591. The molecule has 1 saturated heterocycles. The molecule has 1 N–H and O–H groups in total. The summed E-state index contributed by atoms with van der Waals surface area (Å²) in [4.78, 5) is 11.9. The van der Waals surface area contributed by atoms with Gasteiger partial charge < -0.3 is 20.0 Å². The Labute approximate surface area is 187 Å². The second kappa shape index (κ2) is 12.4. The van der Waals surface area contributed by atoms with Gasteiger partial charge in [-0.2, -0.15) is 0 Å². The van der Waals surface area contributed by atoms with Crippen LogP contribution in [0.4, 0.5) is 0 Å². The molecule has 6 heteroatoms. The molecule has 28 heavy (non-hydrogen) atoms. The first kappa shape index (κ1) is 23.2. The normalized spacial score (nSPS) is 19.1. The van der Waals surface area contributed by atoms with Crippen molar-refractivity contribution in [3.05, 3.63) is 42.0 Å². The predicted molar refractivity (Wildman–Crippen MR) is 131 cm³/mol. The lowest BCUT2D eigenvalue weighted by Crippen LogP contribution is -2.45. The number of piperazine rings is 1. The first-order chi connectivity index (χ1) is 13.3. The molecule has 2 aliphatic rings. The van der Waals surface area contributed by atoms with Crippen molar-refractivity contribution >= 4 is 35.5 Å². The number of nitrogens with one attached hydrogen (secondary N) is 1. The van der Waals surface area contributed by atoms with Crippen LogP contribution in [0.2, 0.25) is 0 Å². The molecule has 0 bridgehead atoms. The van der Waals surface area contributed by atoms with Crippen LogP contribution in [-0.4, -0.2) is 87.1 Å². The minimum Gasteiger partial charge on any atom is -0.356 e. The maximum Gasteiger partial charge on any atom is 0.193 e. The quantitative estimate of drug-likeness (QED) is 0.284. The molecule has 0 spiro atoms. The van der Waals surface area contributed by atoms with Crippen LogP contribution in [0.5, 0.6) is 0 Å². The Morgan fingerprint density at radius 3 is 2.43 bits per heavy atom. The molecule has 0 amide bonds. The van der Waals surface area contributed by atoms with Crippen molar-refractivity contribution in [2.24, 2.45) is 4.99 Å². The summed E-state index contributed by atoms with van der Waals surface area (Å²) >= 11 is 0. The molecule has 1 aromatic rings. The van der Waals surface area contributed by atoms with Crippen LogP contribution < -0.4 is 5.32 Å². The van der Waals surface area contributed by atoms with E-state index in [4.69, 9.17) is 0 Å². The molecule has 1 fully saturated rings. The van der Waals surface area contributed by atoms with Gasteiger partial charge in [-0.25, -0.2) is 0 Å². The number of hydrogen-bond acceptors (Lipinski definition) is 3. The third kappa shape index (κ3) is 7.04. The Morgan fingerprint density at radius 1 is 1.04 bits per heavy atom. The Bertz CT molecular complexity index is 623. The van der Waals surface area contributed by atoms with Gasteiger partial charge >= 0.3 is 0 Å². The standard InChI is InChI=1S/C22H35N5.HI/c1-23-22(24-12-6-7-13-26-18-16-25(2)17-19-26)27-14-10-21(11-15-27)20-8-4-3-5-9-20;/h3-5,8-10H,6-7,11-19H2,1-2H3,(H,23,24);1H. The van der Waals surface area contributed by atoms with Gasteiger partial charge in [-0.1, -0.05) is 36.4 Å². The molecule has 0 aromatic heterocycles.